The van der Waals surface area contributed by atoms with Gasteiger partial charge in [0.15, 0.2) is 25.2 Å². The molecule has 50 nitrogen and oxygen atoms in total. The molecule has 638 valence electrons. The van der Waals surface area contributed by atoms with Crippen LogP contribution in [-0.4, -0.2) is 448 Å². The Morgan fingerprint density at radius 2 is 0.766 bits per heavy atom. The predicted molar refractivity (Wildman–Crippen MR) is 339 cm³/mol. The van der Waals surface area contributed by atoms with Crippen molar-refractivity contribution < 1.29 is 227 Å². The Kier molecular flexibility index (Phi) is 32.4. The number of aliphatic carboxylic acids is 3. The van der Waals surface area contributed by atoms with Crippen molar-refractivity contribution in [1.29, 1.82) is 0 Å². The molecule has 0 bridgehead atoms. The minimum atomic E-state index is -3.76. The standard InChI is InChI=1S/C61H98N4O46/c1-16(72)62-31-21(77)6-59(56(92)93,107-47(31)35(82)24(80)9-66)106-28(12-69)39(86)49-33(64-18(3)74)23(79)8-61(109-49,58(96)97)111-51-43(90)55(103-44-29(13-70)99-52(91)41(88)40(44)87)102-30(14-71)45(51)104-53-34(65-19(4)75)46(37(84)26(10-67)100-53)105-54-42(89)50(38(85)27(11-68)101-54)110-60(57(94)95)7-22(78)32(63-17(2)73)48(108-60)36(83)25(81)15-98-20(5)76/h21-55,66-71,77-91H,6-15H2,1-5H3,(H,62,72)(H,63,73)(H,64,74)(H,65,75)(H,92,93)(H,94,95)(H,96,97)/t21-,22-,23-,24+,25+,26+,27+,28+,29+,30+,31+,32+,33+,34+,35+,36+,37-,38-,39+,40+,41+,42+,43+,44+,45-,46+,47+,48+,49+,50-,51+,52+,53-,54-,55-,59+,60-,61-/m0/s1. The van der Waals surface area contributed by atoms with E-state index in [9.17, 15) is 161 Å². The molecular formula is C61H98N4O46. The Labute approximate surface area is 626 Å². The number of hydrogen-bond acceptors (Lipinski definition) is 43. The number of rotatable bonds is 33. The second-order valence-corrected chi connectivity index (χ2v) is 27.4. The first-order valence-electron chi connectivity index (χ1n) is 34.4. The Balaban J connectivity index is 1.31. The molecule has 0 spiro atoms. The van der Waals surface area contributed by atoms with E-state index < -0.39 is 345 Å². The van der Waals surface area contributed by atoms with Crippen LogP contribution in [0.25, 0.3) is 0 Å². The van der Waals surface area contributed by atoms with Gasteiger partial charge >= 0.3 is 23.9 Å². The highest BCUT2D eigenvalue weighted by Gasteiger charge is 2.66. The van der Waals surface area contributed by atoms with Crippen molar-refractivity contribution in [2.45, 2.75) is 285 Å². The van der Waals surface area contributed by atoms with Crippen LogP contribution in [0.2, 0.25) is 0 Å². The predicted octanol–water partition coefficient (Wildman–Crippen LogP) is -17.5. The molecule has 4 amide bonds. The topological polar surface area (TPSA) is 799 Å². The molecule has 111 heavy (non-hydrogen) atoms. The van der Waals surface area contributed by atoms with Crippen molar-refractivity contribution in [3.63, 3.8) is 0 Å². The molecule has 7 aliphatic rings. The maximum Gasteiger partial charge on any atom is 0.364 e. The third-order valence-electron chi connectivity index (χ3n) is 19.4. The summed E-state index contributed by atoms with van der Waals surface area (Å²) >= 11 is 0. The van der Waals surface area contributed by atoms with Crippen molar-refractivity contribution in [1.82, 2.24) is 21.3 Å². The monoisotopic (exact) mass is 1620 g/mol. The molecule has 7 heterocycles. The van der Waals surface area contributed by atoms with Gasteiger partial charge in [0.25, 0.3) is 17.4 Å². The van der Waals surface area contributed by atoms with E-state index in [-0.39, 0.29) is 0 Å². The molecule has 0 aliphatic carbocycles. The smallest absolute Gasteiger partial charge is 0.364 e. The minimum absolute atomic E-state index is 0.805. The molecule has 0 aromatic heterocycles. The Hall–Kier alpha value is -5.60. The number of carboxylic acids is 3. The summed E-state index contributed by atoms with van der Waals surface area (Å²) in [7, 11) is 0. The molecule has 7 fully saturated rings. The fraction of sp³-hybridized carbons (Fsp3) is 0.869. The highest BCUT2D eigenvalue weighted by molar-refractivity contribution is 5.78. The zero-order valence-corrected chi connectivity index (χ0v) is 59.5. The van der Waals surface area contributed by atoms with Gasteiger partial charge in [-0.05, 0) is 0 Å². The van der Waals surface area contributed by atoms with E-state index in [0.717, 1.165) is 34.6 Å². The van der Waals surface area contributed by atoms with Gasteiger partial charge in [0, 0.05) is 53.9 Å². The molecule has 50 heteroatoms. The largest absolute Gasteiger partial charge is 0.477 e. The molecule has 0 radical (unpaired) electrons. The number of hydrogen-bond donors (Lipinski definition) is 28. The first kappa shape index (κ1) is 92.6. The molecule has 0 aromatic carbocycles. The van der Waals surface area contributed by atoms with Crippen LogP contribution in [0.1, 0.15) is 53.9 Å². The zero-order chi connectivity index (χ0) is 83.1. The van der Waals surface area contributed by atoms with Gasteiger partial charge in [0.1, 0.15) is 159 Å². The molecule has 28 N–H and O–H groups in total. The lowest BCUT2D eigenvalue weighted by Gasteiger charge is -2.53. The molecule has 7 saturated heterocycles. The van der Waals surface area contributed by atoms with E-state index in [1.165, 1.54) is 0 Å². The van der Waals surface area contributed by atoms with Crippen LogP contribution in [0.3, 0.4) is 0 Å². The van der Waals surface area contributed by atoms with Gasteiger partial charge in [0.05, 0.1) is 76.1 Å². The van der Waals surface area contributed by atoms with E-state index in [1.807, 2.05) is 0 Å². The van der Waals surface area contributed by atoms with Gasteiger partial charge < -0.3 is 210 Å². The van der Waals surface area contributed by atoms with Crippen LogP contribution in [-0.2, 0) is 105 Å². The summed E-state index contributed by atoms with van der Waals surface area (Å²) in [5.74, 6) is -22.6. The van der Waals surface area contributed by atoms with Gasteiger partial charge in [-0.15, -0.1) is 0 Å². The molecule has 38 atom stereocenters. The van der Waals surface area contributed by atoms with E-state index in [1.54, 1.807) is 0 Å². The fourth-order valence-corrected chi connectivity index (χ4v) is 13.9. The average molecular weight is 1620 g/mol. The third-order valence-corrected chi connectivity index (χ3v) is 19.4. The number of carbonyl (C=O) groups is 8. The lowest BCUT2D eigenvalue weighted by atomic mass is 9.87. The quantitative estimate of drug-likeness (QED) is 0.0271. The number of esters is 1. The second kappa shape index (κ2) is 38.9. The molecule has 7 rings (SSSR count). The lowest BCUT2D eigenvalue weighted by molar-refractivity contribution is -0.405. The summed E-state index contributed by atoms with van der Waals surface area (Å²) < 4.78 is 80.7. The van der Waals surface area contributed by atoms with Crippen molar-refractivity contribution in [2.75, 3.05) is 46.2 Å². The van der Waals surface area contributed by atoms with Crippen molar-refractivity contribution >= 4 is 47.5 Å². The number of aliphatic hydroxyl groups excluding tert-OH is 21. The van der Waals surface area contributed by atoms with Gasteiger partial charge in [-0.1, -0.05) is 0 Å². The molecule has 0 unspecified atom stereocenters. The summed E-state index contributed by atoms with van der Waals surface area (Å²) in [6.45, 7) is -4.81. The molecule has 7 aliphatic heterocycles. The summed E-state index contributed by atoms with van der Waals surface area (Å²) in [4.78, 5) is 104. The van der Waals surface area contributed by atoms with Gasteiger partial charge in [-0.25, -0.2) is 14.4 Å². The van der Waals surface area contributed by atoms with Crippen molar-refractivity contribution in [3.05, 3.63) is 0 Å². The third kappa shape index (κ3) is 20.6. The van der Waals surface area contributed by atoms with E-state index in [0.29, 0.717) is 0 Å². The molecular weight excluding hydrogens is 1520 g/mol. The van der Waals surface area contributed by atoms with Gasteiger partial charge in [-0.2, -0.15) is 0 Å². The van der Waals surface area contributed by atoms with Crippen molar-refractivity contribution in [3.8, 4) is 0 Å². The van der Waals surface area contributed by atoms with E-state index in [4.69, 9.17) is 66.3 Å². The van der Waals surface area contributed by atoms with Crippen LogP contribution in [0, 0.1) is 0 Å². The summed E-state index contributed by atoms with van der Waals surface area (Å²) in [6.07, 6.45) is -78.2. The Bertz CT molecular complexity index is 3140. The molecule has 0 aromatic rings. The van der Waals surface area contributed by atoms with Crippen molar-refractivity contribution in [2.24, 2.45) is 0 Å². The maximum absolute atomic E-state index is 14.2. The average Bonchev–Trinajstić information content (AvgIpc) is 0.748. The zero-order valence-electron chi connectivity index (χ0n) is 59.5. The first-order chi connectivity index (χ1) is 51.9. The number of ether oxygens (including phenoxy) is 14. The van der Waals surface area contributed by atoms with Gasteiger partial charge in [0.2, 0.25) is 23.6 Å². The van der Waals surface area contributed by atoms with Crippen LogP contribution in [0.5, 0.6) is 0 Å². The highest BCUT2D eigenvalue weighted by atomic mass is 16.8. The SMILES string of the molecule is CC(=O)N[C@H]1[C@H](O[C@@H]2[C@H](O[C@]3(C(=O)O)C[C@H](O)[C@@H](NC(C)=O)[C@H]([C@H](O)[C@@H](CO)O[C@]4(C(=O)O)C[C@H](O)[C@@H](NC(C)=O)[C@H]([C@H](O)[C@H](O)CO)O4)O3)[C@@H](O)[C@H](O[C@H]3[C@H](O)[C@@H](O)[C@H](O)O[C@@H]3CO)O[C@@H]2CO)O[C@H](CO)[C@H](O)[C@@H]1O[C@@H]1O[C@H](CO)[C@H](O)[C@H](O[C@]2(C(=O)O)C[C@H](O)[C@@H](NC(C)=O)[C@H]([C@H](O)[C@H](O)COC(C)=O)O2)[C@H]1O. The number of carboxylic acid groups (broad SMARTS) is 3. The summed E-state index contributed by atoms with van der Waals surface area (Å²) in [5, 5.41) is 277. The lowest BCUT2D eigenvalue weighted by Crippen LogP contribution is -2.73. The first-order valence-corrected chi connectivity index (χ1v) is 34.4. The number of nitrogens with one attached hydrogen (secondary N) is 4. The maximum atomic E-state index is 14.2. The second-order valence-electron chi connectivity index (χ2n) is 27.4. The van der Waals surface area contributed by atoms with E-state index >= 15 is 0 Å². The summed E-state index contributed by atoms with van der Waals surface area (Å²) in [5.41, 5.74) is 0. The number of aliphatic hydroxyl groups is 21. The van der Waals surface area contributed by atoms with Crippen LogP contribution in [0.4, 0.5) is 0 Å². The van der Waals surface area contributed by atoms with Gasteiger partial charge in [-0.3, -0.25) is 24.0 Å². The summed E-state index contributed by atoms with van der Waals surface area (Å²) in [6, 6.07) is -8.06. The fourth-order valence-electron chi connectivity index (χ4n) is 13.9. The minimum Gasteiger partial charge on any atom is -0.477 e. The van der Waals surface area contributed by atoms with Crippen LogP contribution < -0.4 is 21.3 Å². The number of carbonyl (C=O) groups excluding carboxylic acids is 5. The number of amides is 4. The highest BCUT2D eigenvalue weighted by Crippen LogP contribution is 2.44. The normalized spacial score (nSPS) is 42.5. The van der Waals surface area contributed by atoms with Crippen LogP contribution in [0.15, 0.2) is 0 Å². The molecule has 0 saturated carbocycles. The van der Waals surface area contributed by atoms with E-state index in [2.05, 4.69) is 21.3 Å². The Morgan fingerprint density at radius 3 is 1.20 bits per heavy atom. The Morgan fingerprint density at radius 1 is 0.396 bits per heavy atom. The van der Waals surface area contributed by atoms with Crippen LogP contribution >= 0.6 is 0 Å².